The monoisotopic (exact) mass is 382 g/mol. The van der Waals surface area contributed by atoms with E-state index in [0.29, 0.717) is 13.1 Å². The van der Waals surface area contributed by atoms with Crippen LogP contribution in [0.25, 0.3) is 0 Å². The summed E-state index contributed by atoms with van der Waals surface area (Å²) in [6.07, 6.45) is 6.88. The number of likely N-dealkylation sites (tertiary alicyclic amines) is 1. The van der Waals surface area contributed by atoms with Crippen molar-refractivity contribution in [1.29, 1.82) is 0 Å². The quantitative estimate of drug-likeness (QED) is 0.754. The summed E-state index contributed by atoms with van der Waals surface area (Å²) in [7, 11) is 2.02. The van der Waals surface area contributed by atoms with E-state index in [9.17, 15) is 9.59 Å². The summed E-state index contributed by atoms with van der Waals surface area (Å²) in [6.45, 7) is 2.81. The van der Waals surface area contributed by atoms with Crippen LogP contribution in [0.3, 0.4) is 0 Å². The van der Waals surface area contributed by atoms with Crippen LogP contribution < -0.4 is 10.6 Å². The molecule has 6 heteroatoms. The molecule has 0 aliphatic carbocycles. The maximum absolute atomic E-state index is 12.3. The molecule has 1 aromatic carbocycles. The molecule has 1 saturated heterocycles. The van der Waals surface area contributed by atoms with E-state index < -0.39 is 11.8 Å². The Balaban J connectivity index is 1.58. The maximum atomic E-state index is 12.3. The predicted molar refractivity (Wildman–Crippen MR) is 109 cm³/mol. The van der Waals surface area contributed by atoms with Gasteiger partial charge in [-0.2, -0.15) is 0 Å². The van der Waals surface area contributed by atoms with Crippen molar-refractivity contribution in [3.63, 3.8) is 0 Å². The lowest BCUT2D eigenvalue weighted by Gasteiger charge is -2.31. The van der Waals surface area contributed by atoms with Crippen LogP contribution in [0.2, 0.25) is 0 Å². The van der Waals surface area contributed by atoms with E-state index in [2.05, 4.69) is 26.2 Å². The summed E-state index contributed by atoms with van der Waals surface area (Å²) in [5, 5.41) is 5.53. The molecule has 1 aliphatic rings. The Kier molecular flexibility index (Phi) is 7.25. The van der Waals surface area contributed by atoms with Gasteiger partial charge in [-0.15, -0.1) is 0 Å². The molecular formula is C22H30N4O2. The van der Waals surface area contributed by atoms with Crippen molar-refractivity contribution in [2.75, 3.05) is 19.6 Å². The van der Waals surface area contributed by atoms with Gasteiger partial charge in [0.2, 0.25) is 0 Å². The Bertz CT molecular complexity index is 764. The van der Waals surface area contributed by atoms with Crippen molar-refractivity contribution in [2.45, 2.75) is 38.3 Å². The molecule has 0 bridgehead atoms. The van der Waals surface area contributed by atoms with Crippen LogP contribution in [-0.4, -0.2) is 40.9 Å². The van der Waals surface area contributed by atoms with E-state index in [-0.39, 0.29) is 6.04 Å². The molecule has 1 atom stereocenters. The van der Waals surface area contributed by atoms with Crippen molar-refractivity contribution in [2.24, 2.45) is 7.05 Å². The van der Waals surface area contributed by atoms with E-state index in [1.165, 1.54) is 25.7 Å². The number of carbonyl (C=O) groups is 2. The first-order valence-electron chi connectivity index (χ1n) is 10.1. The van der Waals surface area contributed by atoms with Gasteiger partial charge in [-0.1, -0.05) is 43.2 Å². The molecule has 2 amide bonds. The van der Waals surface area contributed by atoms with Crippen molar-refractivity contribution < 1.29 is 9.59 Å². The van der Waals surface area contributed by atoms with Gasteiger partial charge in [0.05, 0.1) is 6.04 Å². The number of nitrogens with one attached hydrogen (secondary N) is 2. The number of rotatable bonds is 6. The SMILES string of the molecule is Cn1cccc1C(CNC(=O)C(=O)NCc1ccccc1)N1CCCCCC1. The second kappa shape index (κ2) is 10.1. The van der Waals surface area contributed by atoms with Crippen LogP contribution in [-0.2, 0) is 23.2 Å². The second-order valence-corrected chi connectivity index (χ2v) is 7.39. The van der Waals surface area contributed by atoms with Gasteiger partial charge in [0, 0.05) is 32.0 Å². The number of benzene rings is 1. The van der Waals surface area contributed by atoms with Gasteiger partial charge >= 0.3 is 11.8 Å². The predicted octanol–water partition coefficient (Wildman–Crippen LogP) is 2.37. The van der Waals surface area contributed by atoms with E-state index in [4.69, 9.17) is 0 Å². The third-order valence-corrected chi connectivity index (χ3v) is 5.36. The third-order valence-electron chi connectivity index (χ3n) is 5.36. The van der Waals surface area contributed by atoms with Crippen LogP contribution in [0.15, 0.2) is 48.7 Å². The summed E-state index contributed by atoms with van der Waals surface area (Å²) in [4.78, 5) is 26.9. The second-order valence-electron chi connectivity index (χ2n) is 7.39. The van der Waals surface area contributed by atoms with Crippen LogP contribution >= 0.6 is 0 Å². The molecule has 28 heavy (non-hydrogen) atoms. The fourth-order valence-electron chi connectivity index (χ4n) is 3.78. The molecule has 150 valence electrons. The molecule has 1 fully saturated rings. The number of aromatic nitrogens is 1. The lowest BCUT2D eigenvalue weighted by molar-refractivity contribution is -0.139. The summed E-state index contributed by atoms with van der Waals surface area (Å²) < 4.78 is 2.09. The van der Waals surface area contributed by atoms with Crippen molar-refractivity contribution in [1.82, 2.24) is 20.1 Å². The summed E-state index contributed by atoms with van der Waals surface area (Å²) in [6, 6.07) is 13.8. The average molecular weight is 383 g/mol. The molecule has 0 radical (unpaired) electrons. The topological polar surface area (TPSA) is 66.4 Å². The highest BCUT2D eigenvalue weighted by Crippen LogP contribution is 2.23. The molecule has 1 aromatic heterocycles. The first-order chi connectivity index (χ1) is 13.6. The smallest absolute Gasteiger partial charge is 0.309 e. The van der Waals surface area contributed by atoms with Gasteiger partial charge in [0.25, 0.3) is 0 Å². The lowest BCUT2D eigenvalue weighted by Crippen LogP contribution is -2.44. The fraction of sp³-hybridized carbons (Fsp3) is 0.455. The van der Waals surface area contributed by atoms with Gasteiger partial charge in [0.1, 0.15) is 0 Å². The van der Waals surface area contributed by atoms with Gasteiger partial charge in [0.15, 0.2) is 0 Å². The minimum Gasteiger partial charge on any atom is -0.353 e. The Hall–Kier alpha value is -2.60. The number of hydrogen-bond acceptors (Lipinski definition) is 3. The first-order valence-corrected chi connectivity index (χ1v) is 10.1. The third kappa shape index (κ3) is 5.45. The molecule has 1 unspecified atom stereocenters. The maximum Gasteiger partial charge on any atom is 0.309 e. The number of nitrogens with zero attached hydrogens (tertiary/aromatic N) is 2. The molecule has 0 saturated carbocycles. The molecule has 2 heterocycles. The zero-order valence-corrected chi connectivity index (χ0v) is 16.6. The van der Waals surface area contributed by atoms with Crippen molar-refractivity contribution in [3.05, 3.63) is 59.9 Å². The van der Waals surface area contributed by atoms with Crippen molar-refractivity contribution >= 4 is 11.8 Å². The van der Waals surface area contributed by atoms with Gasteiger partial charge in [-0.25, -0.2) is 0 Å². The highest BCUT2D eigenvalue weighted by molar-refractivity contribution is 6.35. The number of hydrogen-bond donors (Lipinski definition) is 2. The zero-order valence-electron chi connectivity index (χ0n) is 16.6. The van der Waals surface area contributed by atoms with Crippen LogP contribution in [0, 0.1) is 0 Å². The Morgan fingerprint density at radius 2 is 1.61 bits per heavy atom. The van der Waals surface area contributed by atoms with Crippen LogP contribution in [0.1, 0.15) is 43.0 Å². The minimum absolute atomic E-state index is 0.0731. The fourth-order valence-corrected chi connectivity index (χ4v) is 3.78. The number of amides is 2. The number of carbonyl (C=O) groups excluding carboxylic acids is 2. The van der Waals surface area contributed by atoms with Gasteiger partial charge < -0.3 is 15.2 Å². The standard InChI is InChI=1S/C22H30N4O2/c1-25-13-9-12-19(25)20(26-14-7-2-3-8-15-26)17-24-22(28)21(27)23-16-18-10-5-4-6-11-18/h4-6,9-13,20H,2-3,7-8,14-17H2,1H3,(H,23,27)(H,24,28). The van der Waals surface area contributed by atoms with Gasteiger partial charge in [-0.05, 0) is 43.6 Å². The Morgan fingerprint density at radius 3 is 2.25 bits per heavy atom. The largest absolute Gasteiger partial charge is 0.353 e. The van der Waals surface area contributed by atoms with E-state index in [0.717, 1.165) is 24.3 Å². The average Bonchev–Trinajstić information content (AvgIpc) is 2.96. The van der Waals surface area contributed by atoms with Crippen LogP contribution in [0.4, 0.5) is 0 Å². The van der Waals surface area contributed by atoms with E-state index in [1.54, 1.807) is 0 Å². The Morgan fingerprint density at radius 1 is 0.929 bits per heavy atom. The zero-order chi connectivity index (χ0) is 19.8. The molecule has 6 nitrogen and oxygen atoms in total. The molecule has 0 spiro atoms. The van der Waals surface area contributed by atoms with Gasteiger partial charge in [-0.3, -0.25) is 14.5 Å². The number of aryl methyl sites for hydroxylation is 1. The lowest BCUT2D eigenvalue weighted by atomic mass is 10.1. The van der Waals surface area contributed by atoms with E-state index >= 15 is 0 Å². The molecular weight excluding hydrogens is 352 g/mol. The highest BCUT2D eigenvalue weighted by Gasteiger charge is 2.25. The molecule has 2 N–H and O–H groups in total. The van der Waals surface area contributed by atoms with Crippen molar-refractivity contribution in [3.8, 4) is 0 Å². The summed E-state index contributed by atoms with van der Waals surface area (Å²) >= 11 is 0. The first kappa shape index (κ1) is 20.1. The minimum atomic E-state index is -0.592. The van der Waals surface area contributed by atoms with Crippen LogP contribution in [0.5, 0.6) is 0 Å². The molecule has 2 aromatic rings. The highest BCUT2D eigenvalue weighted by atomic mass is 16.2. The van der Waals surface area contributed by atoms with E-state index in [1.807, 2.05) is 49.6 Å². The molecule has 1 aliphatic heterocycles. The molecule has 3 rings (SSSR count). The summed E-state index contributed by atoms with van der Waals surface area (Å²) in [5.41, 5.74) is 2.13. The Labute approximate surface area is 166 Å². The normalized spacial score (nSPS) is 16.2. The summed E-state index contributed by atoms with van der Waals surface area (Å²) in [5.74, 6) is -1.17.